The van der Waals surface area contributed by atoms with Crippen LogP contribution in [0.2, 0.25) is 0 Å². The summed E-state index contributed by atoms with van der Waals surface area (Å²) in [5.41, 5.74) is 0.844. The van der Waals surface area contributed by atoms with Crippen molar-refractivity contribution in [3.05, 3.63) is 11.6 Å². The third-order valence-electron chi connectivity index (χ3n) is 2.63. The summed E-state index contributed by atoms with van der Waals surface area (Å²) in [7, 11) is -4.34. The Bertz CT molecular complexity index is 411. The normalized spacial score (nSPS) is 14.1. The average Bonchev–Trinajstić information content (AvgIpc) is 2.26. The molecule has 20 heavy (non-hydrogen) atoms. The number of aliphatic hydroxyl groups excluding tert-OH is 1. The second-order valence-electron chi connectivity index (χ2n) is 4.87. The van der Waals surface area contributed by atoms with E-state index in [0.29, 0.717) is 0 Å². The molecule has 1 atom stereocenters. The first-order valence-corrected chi connectivity index (χ1v) is 8.24. The van der Waals surface area contributed by atoms with Gasteiger partial charge in [-0.2, -0.15) is 0 Å². The highest BCUT2D eigenvalue weighted by Gasteiger charge is 2.02. The van der Waals surface area contributed by atoms with E-state index in [0.717, 1.165) is 37.7 Å². The first-order chi connectivity index (χ1) is 9.20. The van der Waals surface area contributed by atoms with Gasteiger partial charge in [-0.15, -0.1) is 0 Å². The van der Waals surface area contributed by atoms with Gasteiger partial charge in [0, 0.05) is 6.08 Å². The highest BCUT2D eigenvalue weighted by atomic mass is 32.2. The van der Waals surface area contributed by atoms with Crippen LogP contribution < -0.4 is 0 Å². The standard InChI is InChI=1S/C13H24O6S/c1-11(6-4-3-5-7-12(2)14)10-13(15)19-8-9-20(16,17)18/h10,12,14H,3-9H2,1-2H3,(H,16,17,18)/p-1/b11-10+/t12-/m1/s1. The summed E-state index contributed by atoms with van der Waals surface area (Å²) in [6.45, 7) is 3.13. The van der Waals surface area contributed by atoms with Crippen LogP contribution in [0.3, 0.4) is 0 Å². The Morgan fingerprint density at radius 2 is 2.00 bits per heavy atom. The number of hydrogen-bond donors (Lipinski definition) is 1. The van der Waals surface area contributed by atoms with Crippen LogP contribution in [-0.2, 0) is 19.6 Å². The zero-order chi connectivity index (χ0) is 15.6. The van der Waals surface area contributed by atoms with Crippen molar-refractivity contribution in [3.8, 4) is 0 Å². The van der Waals surface area contributed by atoms with Crippen LogP contribution in [0.15, 0.2) is 11.6 Å². The number of unbranched alkanes of at least 4 members (excludes halogenated alkanes) is 2. The molecule has 0 radical (unpaired) electrons. The molecule has 0 heterocycles. The summed E-state index contributed by atoms with van der Waals surface area (Å²) < 4.78 is 35.5. The Morgan fingerprint density at radius 1 is 1.35 bits per heavy atom. The fourth-order valence-corrected chi connectivity index (χ4v) is 1.87. The average molecular weight is 307 g/mol. The number of ether oxygens (including phenoxy) is 1. The fourth-order valence-electron chi connectivity index (χ4n) is 1.58. The van der Waals surface area contributed by atoms with E-state index in [1.165, 1.54) is 6.08 Å². The number of carbonyl (C=O) groups excluding carboxylic acids is 1. The van der Waals surface area contributed by atoms with Gasteiger partial charge in [0.2, 0.25) is 0 Å². The molecule has 0 aromatic carbocycles. The largest absolute Gasteiger partial charge is 0.748 e. The molecule has 0 aromatic heterocycles. The van der Waals surface area contributed by atoms with Gasteiger partial charge < -0.3 is 14.4 Å². The zero-order valence-electron chi connectivity index (χ0n) is 12.0. The van der Waals surface area contributed by atoms with Crippen molar-refractivity contribution in [1.29, 1.82) is 0 Å². The van der Waals surface area contributed by atoms with Crippen LogP contribution in [0.4, 0.5) is 0 Å². The van der Waals surface area contributed by atoms with Gasteiger partial charge in [0.1, 0.15) is 6.61 Å². The first kappa shape index (κ1) is 19.1. The van der Waals surface area contributed by atoms with Gasteiger partial charge in [0.15, 0.2) is 0 Å². The Hall–Kier alpha value is -0.920. The molecule has 0 amide bonds. The molecule has 1 N–H and O–H groups in total. The van der Waals surface area contributed by atoms with Crippen LogP contribution >= 0.6 is 0 Å². The van der Waals surface area contributed by atoms with E-state index < -0.39 is 28.4 Å². The number of carbonyl (C=O) groups is 1. The van der Waals surface area contributed by atoms with Crippen LogP contribution in [0.25, 0.3) is 0 Å². The summed E-state index contributed by atoms with van der Waals surface area (Å²) >= 11 is 0. The minimum absolute atomic E-state index is 0.279. The third-order valence-corrected chi connectivity index (χ3v) is 3.30. The summed E-state index contributed by atoms with van der Waals surface area (Å²) in [5, 5.41) is 9.08. The Kier molecular flexibility index (Phi) is 9.45. The summed E-state index contributed by atoms with van der Waals surface area (Å²) in [6.07, 6.45) is 5.38. The van der Waals surface area contributed by atoms with Gasteiger partial charge in [0.25, 0.3) is 0 Å². The minimum Gasteiger partial charge on any atom is -0.748 e. The predicted molar refractivity (Wildman–Crippen MR) is 74.0 cm³/mol. The SMILES string of the molecule is C/C(=C\C(=O)OCCS(=O)(=O)[O-])CCCCC[C@@H](C)O. The van der Waals surface area contributed by atoms with Gasteiger partial charge in [-0.1, -0.05) is 18.4 Å². The van der Waals surface area contributed by atoms with Gasteiger partial charge in [-0.25, -0.2) is 13.2 Å². The molecular formula is C13H23O6S-. The lowest BCUT2D eigenvalue weighted by Crippen LogP contribution is -2.13. The van der Waals surface area contributed by atoms with Crippen LogP contribution in [-0.4, -0.2) is 42.5 Å². The van der Waals surface area contributed by atoms with Gasteiger partial charge in [-0.3, -0.25) is 0 Å². The van der Waals surface area contributed by atoms with Gasteiger partial charge in [0.05, 0.1) is 22.0 Å². The molecule has 118 valence electrons. The molecule has 7 heteroatoms. The zero-order valence-corrected chi connectivity index (χ0v) is 12.8. The Balaban J connectivity index is 3.79. The highest BCUT2D eigenvalue weighted by Crippen LogP contribution is 2.10. The first-order valence-electron chi connectivity index (χ1n) is 6.66. The quantitative estimate of drug-likeness (QED) is 0.283. The van der Waals surface area contributed by atoms with E-state index in [1.54, 1.807) is 13.8 Å². The number of esters is 1. The molecule has 6 nitrogen and oxygen atoms in total. The maximum atomic E-state index is 11.3. The molecule has 0 fully saturated rings. The van der Waals surface area contributed by atoms with Crippen molar-refractivity contribution < 1.29 is 27.6 Å². The fraction of sp³-hybridized carbons (Fsp3) is 0.769. The highest BCUT2D eigenvalue weighted by molar-refractivity contribution is 7.85. The molecule has 0 aliphatic carbocycles. The van der Waals surface area contributed by atoms with Crippen molar-refractivity contribution in [3.63, 3.8) is 0 Å². The van der Waals surface area contributed by atoms with Gasteiger partial charge >= 0.3 is 5.97 Å². The van der Waals surface area contributed by atoms with Crippen molar-refractivity contribution >= 4 is 16.1 Å². The molecule has 0 spiro atoms. The van der Waals surface area contributed by atoms with Gasteiger partial charge in [-0.05, 0) is 33.1 Å². The Morgan fingerprint density at radius 3 is 2.55 bits per heavy atom. The van der Waals surface area contributed by atoms with Crippen molar-refractivity contribution in [2.75, 3.05) is 12.4 Å². The maximum absolute atomic E-state index is 11.3. The van der Waals surface area contributed by atoms with E-state index in [4.69, 9.17) is 5.11 Å². The van der Waals surface area contributed by atoms with E-state index in [1.807, 2.05) is 0 Å². The molecular weight excluding hydrogens is 284 g/mol. The lowest BCUT2D eigenvalue weighted by molar-refractivity contribution is -0.137. The number of rotatable bonds is 10. The van der Waals surface area contributed by atoms with E-state index in [-0.39, 0.29) is 6.10 Å². The van der Waals surface area contributed by atoms with Crippen LogP contribution in [0.5, 0.6) is 0 Å². The molecule has 0 unspecified atom stereocenters. The lowest BCUT2D eigenvalue weighted by Gasteiger charge is -2.07. The van der Waals surface area contributed by atoms with Crippen molar-refractivity contribution in [2.24, 2.45) is 0 Å². The molecule has 0 rings (SSSR count). The smallest absolute Gasteiger partial charge is 0.330 e. The maximum Gasteiger partial charge on any atom is 0.330 e. The summed E-state index contributed by atoms with van der Waals surface area (Å²) in [5.74, 6) is -1.33. The molecule has 0 bridgehead atoms. The second-order valence-corrected chi connectivity index (χ2v) is 6.39. The number of hydrogen-bond acceptors (Lipinski definition) is 6. The van der Waals surface area contributed by atoms with Crippen LogP contribution in [0.1, 0.15) is 46.0 Å². The molecule has 0 saturated carbocycles. The van der Waals surface area contributed by atoms with Crippen LogP contribution in [0, 0.1) is 0 Å². The van der Waals surface area contributed by atoms with E-state index >= 15 is 0 Å². The van der Waals surface area contributed by atoms with E-state index in [9.17, 15) is 17.8 Å². The van der Waals surface area contributed by atoms with Crippen molar-refractivity contribution in [1.82, 2.24) is 0 Å². The monoisotopic (exact) mass is 307 g/mol. The molecule has 0 aromatic rings. The molecule has 0 saturated heterocycles. The van der Waals surface area contributed by atoms with Crippen molar-refractivity contribution in [2.45, 2.75) is 52.1 Å². The molecule has 0 aliphatic heterocycles. The van der Waals surface area contributed by atoms with E-state index in [2.05, 4.69) is 4.74 Å². The predicted octanol–water partition coefficient (Wildman–Crippen LogP) is 1.35. The summed E-state index contributed by atoms with van der Waals surface area (Å²) in [6, 6.07) is 0. The lowest BCUT2D eigenvalue weighted by atomic mass is 10.1. The summed E-state index contributed by atoms with van der Waals surface area (Å²) in [4.78, 5) is 11.3. The Labute approximate surface area is 120 Å². The number of aliphatic hydroxyl groups is 1. The number of allylic oxidation sites excluding steroid dienone is 1. The third kappa shape index (κ3) is 13.5. The topological polar surface area (TPSA) is 104 Å². The molecule has 0 aliphatic rings. The second kappa shape index (κ2) is 9.90. The minimum atomic E-state index is -4.34.